The van der Waals surface area contributed by atoms with Crippen molar-refractivity contribution < 1.29 is 4.79 Å². The summed E-state index contributed by atoms with van der Waals surface area (Å²) in [6.07, 6.45) is 5.07. The summed E-state index contributed by atoms with van der Waals surface area (Å²) in [5, 5.41) is 0. The van der Waals surface area contributed by atoms with E-state index in [4.69, 9.17) is 0 Å². The maximum atomic E-state index is 12.6. The van der Waals surface area contributed by atoms with E-state index in [9.17, 15) is 4.79 Å². The summed E-state index contributed by atoms with van der Waals surface area (Å²) in [6.45, 7) is 4.62. The summed E-state index contributed by atoms with van der Waals surface area (Å²) in [5.41, 5.74) is 1.10. The Kier molecular flexibility index (Phi) is 5.63. The van der Waals surface area contributed by atoms with Crippen LogP contribution in [0.25, 0.3) is 0 Å². The van der Waals surface area contributed by atoms with Crippen molar-refractivity contribution in [3.8, 4) is 0 Å². The number of likely N-dealkylation sites (tertiary alicyclic amines) is 1. The van der Waals surface area contributed by atoms with Crippen molar-refractivity contribution in [2.75, 3.05) is 20.1 Å². The molecule has 2 aromatic rings. The van der Waals surface area contributed by atoms with Crippen LogP contribution in [-0.4, -0.2) is 46.9 Å². The average molecular weight is 343 g/mol. The summed E-state index contributed by atoms with van der Waals surface area (Å²) in [7, 11) is 2.17. The van der Waals surface area contributed by atoms with Gasteiger partial charge in [-0.15, -0.1) is 11.3 Å². The molecule has 1 atom stereocenters. The highest BCUT2D eigenvalue weighted by Crippen LogP contribution is 2.22. The van der Waals surface area contributed by atoms with Gasteiger partial charge in [-0.2, -0.15) is 0 Å². The Labute approximate surface area is 148 Å². The van der Waals surface area contributed by atoms with E-state index in [0.29, 0.717) is 6.04 Å². The second-order valence-electron chi connectivity index (χ2n) is 6.52. The van der Waals surface area contributed by atoms with Gasteiger partial charge in [0, 0.05) is 36.8 Å². The molecule has 2 aromatic heterocycles. The van der Waals surface area contributed by atoms with E-state index >= 15 is 0 Å². The zero-order valence-corrected chi connectivity index (χ0v) is 15.3. The molecule has 4 nitrogen and oxygen atoms in total. The Hall–Kier alpha value is -1.72. The lowest BCUT2D eigenvalue weighted by atomic mass is 10.1. The zero-order chi connectivity index (χ0) is 16.9. The van der Waals surface area contributed by atoms with Gasteiger partial charge >= 0.3 is 0 Å². The molecule has 1 unspecified atom stereocenters. The molecule has 5 heteroatoms. The number of hydrogen-bond donors (Lipinski definition) is 0. The number of carbonyl (C=O) groups is 1. The SMILES string of the molecule is Cc1ccc(C(=O)N2CCCC(N(C)Cc3ccccn3)CC2)s1. The molecule has 3 heterocycles. The van der Waals surface area contributed by atoms with E-state index in [1.807, 2.05) is 42.3 Å². The van der Waals surface area contributed by atoms with Gasteiger partial charge in [0.25, 0.3) is 5.91 Å². The van der Waals surface area contributed by atoms with E-state index in [1.54, 1.807) is 11.3 Å². The number of aryl methyl sites for hydroxylation is 1. The third-order valence-corrected chi connectivity index (χ3v) is 5.69. The van der Waals surface area contributed by atoms with Crippen molar-refractivity contribution in [2.24, 2.45) is 0 Å². The molecule has 0 radical (unpaired) electrons. The summed E-state index contributed by atoms with van der Waals surface area (Å²) in [5.74, 6) is 0.195. The Morgan fingerprint density at radius 3 is 2.88 bits per heavy atom. The molecule has 0 N–H and O–H groups in total. The zero-order valence-electron chi connectivity index (χ0n) is 14.4. The minimum Gasteiger partial charge on any atom is -0.338 e. The van der Waals surface area contributed by atoms with Gasteiger partial charge in [-0.3, -0.25) is 14.7 Å². The van der Waals surface area contributed by atoms with Gasteiger partial charge in [0.1, 0.15) is 0 Å². The number of hydrogen-bond acceptors (Lipinski definition) is 4. The molecule has 1 aliphatic heterocycles. The molecule has 0 aromatic carbocycles. The Balaban J connectivity index is 1.57. The van der Waals surface area contributed by atoms with Gasteiger partial charge in [0.2, 0.25) is 0 Å². The maximum Gasteiger partial charge on any atom is 0.263 e. The van der Waals surface area contributed by atoms with Crippen molar-refractivity contribution in [1.82, 2.24) is 14.8 Å². The first kappa shape index (κ1) is 17.1. The van der Waals surface area contributed by atoms with Crippen LogP contribution in [0.1, 0.15) is 39.5 Å². The molecule has 3 rings (SSSR count). The van der Waals surface area contributed by atoms with Crippen molar-refractivity contribution in [3.05, 3.63) is 52.0 Å². The molecular weight excluding hydrogens is 318 g/mol. The largest absolute Gasteiger partial charge is 0.338 e. The molecular formula is C19H25N3OS. The lowest BCUT2D eigenvalue weighted by Crippen LogP contribution is -2.34. The molecule has 1 amide bonds. The van der Waals surface area contributed by atoms with Crippen molar-refractivity contribution in [1.29, 1.82) is 0 Å². The third-order valence-electron chi connectivity index (χ3n) is 4.70. The highest BCUT2D eigenvalue weighted by atomic mass is 32.1. The normalized spacial score (nSPS) is 18.6. The van der Waals surface area contributed by atoms with Crippen LogP contribution in [0.15, 0.2) is 36.5 Å². The average Bonchev–Trinajstić information content (AvgIpc) is 2.87. The molecule has 1 saturated heterocycles. The van der Waals surface area contributed by atoms with Crippen LogP contribution in [0.5, 0.6) is 0 Å². The number of carbonyl (C=O) groups excluding carboxylic acids is 1. The van der Waals surface area contributed by atoms with E-state index in [-0.39, 0.29) is 5.91 Å². The van der Waals surface area contributed by atoms with Crippen LogP contribution in [0.2, 0.25) is 0 Å². The lowest BCUT2D eigenvalue weighted by molar-refractivity contribution is 0.0762. The summed E-state index contributed by atoms with van der Waals surface area (Å²) >= 11 is 1.60. The highest BCUT2D eigenvalue weighted by molar-refractivity contribution is 7.13. The maximum absolute atomic E-state index is 12.6. The first-order chi connectivity index (χ1) is 11.6. The first-order valence-electron chi connectivity index (χ1n) is 8.59. The second-order valence-corrected chi connectivity index (χ2v) is 7.81. The molecule has 128 valence electrons. The number of amides is 1. The minimum atomic E-state index is 0.195. The van der Waals surface area contributed by atoms with Crippen LogP contribution < -0.4 is 0 Å². The Bertz CT molecular complexity index is 670. The highest BCUT2D eigenvalue weighted by Gasteiger charge is 2.24. The summed E-state index contributed by atoms with van der Waals surface area (Å²) in [6, 6.07) is 10.5. The monoisotopic (exact) mass is 343 g/mol. The fraction of sp³-hybridized carbons (Fsp3) is 0.474. The Morgan fingerprint density at radius 1 is 1.29 bits per heavy atom. The predicted octanol–water partition coefficient (Wildman–Crippen LogP) is 3.58. The van der Waals surface area contributed by atoms with Crippen molar-refractivity contribution >= 4 is 17.2 Å². The lowest BCUT2D eigenvalue weighted by Gasteiger charge is -2.27. The number of pyridine rings is 1. The molecule has 0 aliphatic carbocycles. The van der Waals surface area contributed by atoms with Gasteiger partial charge in [-0.05, 0) is 57.5 Å². The summed E-state index contributed by atoms with van der Waals surface area (Å²) < 4.78 is 0. The van der Waals surface area contributed by atoms with E-state index in [2.05, 4.69) is 23.0 Å². The van der Waals surface area contributed by atoms with Gasteiger partial charge in [0.15, 0.2) is 0 Å². The van der Waals surface area contributed by atoms with Crippen LogP contribution in [0.4, 0.5) is 0 Å². The standard InChI is InChI=1S/C19H25N3OS/c1-15-8-9-18(24-15)19(23)22-12-5-7-17(10-13-22)21(2)14-16-6-3-4-11-20-16/h3-4,6,8-9,11,17H,5,7,10,12-14H2,1-2H3. The Morgan fingerprint density at radius 2 is 2.17 bits per heavy atom. The van der Waals surface area contributed by atoms with Gasteiger partial charge in [0.05, 0.1) is 10.6 Å². The van der Waals surface area contributed by atoms with Crippen molar-refractivity contribution in [2.45, 2.75) is 38.8 Å². The van der Waals surface area contributed by atoms with E-state index in [1.165, 1.54) is 4.88 Å². The van der Waals surface area contributed by atoms with E-state index in [0.717, 1.165) is 49.5 Å². The molecule has 0 bridgehead atoms. The number of thiophene rings is 1. The molecule has 0 spiro atoms. The minimum absolute atomic E-state index is 0.195. The topological polar surface area (TPSA) is 36.4 Å². The number of rotatable bonds is 4. The predicted molar refractivity (Wildman–Crippen MR) is 98.3 cm³/mol. The van der Waals surface area contributed by atoms with Gasteiger partial charge in [-0.25, -0.2) is 0 Å². The molecule has 1 aliphatic rings. The van der Waals surface area contributed by atoms with Gasteiger partial charge in [-0.1, -0.05) is 6.07 Å². The summed E-state index contributed by atoms with van der Waals surface area (Å²) in [4.78, 5) is 23.5. The van der Waals surface area contributed by atoms with Gasteiger partial charge < -0.3 is 4.90 Å². The molecule has 0 saturated carbocycles. The van der Waals surface area contributed by atoms with Crippen LogP contribution >= 0.6 is 11.3 Å². The fourth-order valence-electron chi connectivity index (χ4n) is 3.30. The second kappa shape index (κ2) is 7.90. The first-order valence-corrected chi connectivity index (χ1v) is 9.41. The smallest absolute Gasteiger partial charge is 0.263 e. The van der Waals surface area contributed by atoms with Crippen LogP contribution in [-0.2, 0) is 6.54 Å². The van der Waals surface area contributed by atoms with Crippen molar-refractivity contribution in [3.63, 3.8) is 0 Å². The molecule has 1 fully saturated rings. The number of nitrogens with zero attached hydrogens (tertiary/aromatic N) is 3. The van der Waals surface area contributed by atoms with Crippen LogP contribution in [0.3, 0.4) is 0 Å². The van der Waals surface area contributed by atoms with E-state index < -0.39 is 0 Å². The number of aromatic nitrogens is 1. The fourth-order valence-corrected chi connectivity index (χ4v) is 4.14. The quantitative estimate of drug-likeness (QED) is 0.851. The molecule has 24 heavy (non-hydrogen) atoms. The third kappa shape index (κ3) is 4.22. The van der Waals surface area contributed by atoms with Crippen LogP contribution in [0, 0.1) is 6.92 Å².